The number of hydrogen-bond acceptors (Lipinski definition) is 6. The molecule has 2 heterocycles. The second kappa shape index (κ2) is 8.77. The fourth-order valence-electron chi connectivity index (χ4n) is 3.20. The van der Waals surface area contributed by atoms with Crippen LogP contribution in [-0.2, 0) is 15.3 Å². The van der Waals surface area contributed by atoms with Gasteiger partial charge in [0.25, 0.3) is 11.8 Å². The van der Waals surface area contributed by atoms with Crippen LogP contribution in [0, 0.1) is 0 Å². The van der Waals surface area contributed by atoms with Crippen molar-refractivity contribution >= 4 is 46.2 Å². The van der Waals surface area contributed by atoms with Gasteiger partial charge >= 0.3 is 0 Å². The van der Waals surface area contributed by atoms with Crippen molar-refractivity contribution in [3.8, 4) is 11.5 Å². The van der Waals surface area contributed by atoms with E-state index in [2.05, 4.69) is 0 Å². The molecule has 152 valence electrons. The summed E-state index contributed by atoms with van der Waals surface area (Å²) in [7, 11) is 3.05. The van der Waals surface area contributed by atoms with Crippen LogP contribution in [0.1, 0.15) is 10.4 Å². The number of hydrogen-bond donors (Lipinski definition) is 0. The SMILES string of the molecule is COc1ccc(OC)c(N2C(=O)C(SCc3ccccc3)=C(c3cccs3)C2=O)c1. The molecule has 0 bridgehead atoms. The minimum absolute atomic E-state index is 0.351. The van der Waals surface area contributed by atoms with Crippen LogP contribution in [0.25, 0.3) is 5.57 Å². The number of carbonyl (C=O) groups excluding carboxylic acids is 2. The molecule has 0 N–H and O–H groups in total. The molecule has 0 aliphatic carbocycles. The van der Waals surface area contributed by atoms with Gasteiger partial charge in [0.05, 0.1) is 30.4 Å². The number of nitrogens with zero attached hydrogens (tertiary/aromatic N) is 1. The Labute approximate surface area is 182 Å². The van der Waals surface area contributed by atoms with E-state index in [-0.39, 0.29) is 11.8 Å². The normalized spacial score (nSPS) is 13.9. The third kappa shape index (κ3) is 3.74. The molecule has 1 aliphatic rings. The Balaban J connectivity index is 1.75. The molecule has 2 aromatic carbocycles. The first-order valence-corrected chi connectivity index (χ1v) is 11.1. The second-order valence-corrected chi connectivity index (χ2v) is 8.37. The van der Waals surface area contributed by atoms with Gasteiger partial charge in [0.1, 0.15) is 11.5 Å². The minimum atomic E-state index is -0.357. The molecule has 0 radical (unpaired) electrons. The maximum atomic E-state index is 13.4. The zero-order valence-electron chi connectivity index (χ0n) is 16.5. The monoisotopic (exact) mass is 437 g/mol. The zero-order chi connectivity index (χ0) is 21.1. The van der Waals surface area contributed by atoms with Gasteiger partial charge in [-0.25, -0.2) is 4.90 Å². The standard InChI is InChI=1S/C23H19NO4S2/c1-27-16-10-11-18(28-2)17(13-16)24-22(25)20(19-9-6-12-29-19)21(23(24)26)30-14-15-7-4-3-5-8-15/h3-13H,14H2,1-2H3. The number of ether oxygens (including phenoxy) is 2. The van der Waals surface area contributed by atoms with Crippen LogP contribution < -0.4 is 14.4 Å². The van der Waals surface area contributed by atoms with Crippen molar-refractivity contribution in [2.75, 3.05) is 19.1 Å². The Morgan fingerprint density at radius 2 is 1.73 bits per heavy atom. The highest BCUT2D eigenvalue weighted by Gasteiger charge is 2.41. The van der Waals surface area contributed by atoms with Crippen molar-refractivity contribution in [2.45, 2.75) is 5.75 Å². The van der Waals surface area contributed by atoms with Crippen LogP contribution >= 0.6 is 23.1 Å². The largest absolute Gasteiger partial charge is 0.497 e. The average Bonchev–Trinajstić information content (AvgIpc) is 3.38. The van der Waals surface area contributed by atoms with Crippen molar-refractivity contribution < 1.29 is 19.1 Å². The van der Waals surface area contributed by atoms with E-state index in [0.717, 1.165) is 10.4 Å². The van der Waals surface area contributed by atoms with Gasteiger partial charge in [-0.2, -0.15) is 0 Å². The Hall–Kier alpha value is -3.03. The van der Waals surface area contributed by atoms with E-state index >= 15 is 0 Å². The number of carbonyl (C=O) groups is 2. The molecule has 4 rings (SSSR count). The highest BCUT2D eigenvalue weighted by atomic mass is 32.2. The van der Waals surface area contributed by atoms with Crippen molar-refractivity contribution in [3.63, 3.8) is 0 Å². The number of thioether (sulfide) groups is 1. The molecule has 1 aromatic heterocycles. The van der Waals surface area contributed by atoms with Gasteiger partial charge in [0.15, 0.2) is 0 Å². The maximum absolute atomic E-state index is 13.4. The summed E-state index contributed by atoms with van der Waals surface area (Å²) < 4.78 is 10.7. The summed E-state index contributed by atoms with van der Waals surface area (Å²) in [6.45, 7) is 0. The van der Waals surface area contributed by atoms with E-state index < -0.39 is 0 Å². The highest BCUT2D eigenvalue weighted by Crippen LogP contribution is 2.43. The van der Waals surface area contributed by atoms with Crippen LogP contribution in [0.4, 0.5) is 5.69 Å². The van der Waals surface area contributed by atoms with Gasteiger partial charge in [-0.1, -0.05) is 36.4 Å². The smallest absolute Gasteiger partial charge is 0.272 e. The number of thiophene rings is 1. The molecule has 2 amide bonds. The lowest BCUT2D eigenvalue weighted by molar-refractivity contribution is -0.119. The highest BCUT2D eigenvalue weighted by molar-refractivity contribution is 8.03. The number of methoxy groups -OCH3 is 2. The quantitative estimate of drug-likeness (QED) is 0.488. The first kappa shape index (κ1) is 20.3. The molecule has 0 saturated carbocycles. The van der Waals surface area contributed by atoms with E-state index in [1.54, 1.807) is 18.2 Å². The fourth-order valence-corrected chi connectivity index (χ4v) is 5.09. The molecule has 0 saturated heterocycles. The lowest BCUT2D eigenvalue weighted by Gasteiger charge is -2.19. The van der Waals surface area contributed by atoms with Gasteiger partial charge in [0.2, 0.25) is 0 Å². The van der Waals surface area contributed by atoms with Gasteiger partial charge in [-0.15, -0.1) is 23.1 Å². The maximum Gasteiger partial charge on any atom is 0.272 e. The number of rotatable bonds is 7. The fraction of sp³-hybridized carbons (Fsp3) is 0.130. The van der Waals surface area contributed by atoms with Crippen molar-refractivity contribution in [2.24, 2.45) is 0 Å². The minimum Gasteiger partial charge on any atom is -0.497 e. The Bertz CT molecular complexity index is 1110. The molecule has 0 spiro atoms. The van der Waals surface area contributed by atoms with Crippen molar-refractivity contribution in [3.05, 3.63) is 81.4 Å². The summed E-state index contributed by atoms with van der Waals surface area (Å²) in [6.07, 6.45) is 0. The number of amides is 2. The zero-order valence-corrected chi connectivity index (χ0v) is 18.1. The van der Waals surface area contributed by atoms with E-state index in [4.69, 9.17) is 9.47 Å². The van der Waals surface area contributed by atoms with Crippen LogP contribution in [0.5, 0.6) is 11.5 Å². The third-order valence-corrected chi connectivity index (χ3v) is 6.69. The van der Waals surface area contributed by atoms with Gasteiger partial charge < -0.3 is 9.47 Å². The number of imide groups is 1. The summed E-state index contributed by atoms with van der Waals surface area (Å²) in [6, 6.07) is 18.7. The van der Waals surface area contributed by atoms with E-state index in [0.29, 0.717) is 33.4 Å². The van der Waals surface area contributed by atoms with Crippen LogP contribution in [0.15, 0.2) is 70.9 Å². The average molecular weight is 438 g/mol. The lowest BCUT2D eigenvalue weighted by atomic mass is 10.2. The predicted octanol–water partition coefficient (Wildman–Crippen LogP) is 4.98. The molecule has 1 aliphatic heterocycles. The Morgan fingerprint density at radius 1 is 0.933 bits per heavy atom. The van der Waals surface area contributed by atoms with E-state index in [9.17, 15) is 9.59 Å². The number of benzene rings is 2. The van der Waals surface area contributed by atoms with Crippen LogP contribution in [0.2, 0.25) is 0 Å². The summed E-state index contributed by atoms with van der Waals surface area (Å²) in [5.41, 5.74) is 1.88. The molecule has 30 heavy (non-hydrogen) atoms. The van der Waals surface area contributed by atoms with Gasteiger partial charge in [0, 0.05) is 16.7 Å². The number of anilines is 1. The molecule has 0 atom stereocenters. The van der Waals surface area contributed by atoms with Crippen LogP contribution in [0.3, 0.4) is 0 Å². The molecule has 5 nitrogen and oxygen atoms in total. The van der Waals surface area contributed by atoms with E-state index in [1.807, 2.05) is 47.8 Å². The molecular formula is C23H19NO4S2. The van der Waals surface area contributed by atoms with Crippen LogP contribution in [-0.4, -0.2) is 26.0 Å². The first-order chi connectivity index (χ1) is 14.6. The van der Waals surface area contributed by atoms with Gasteiger partial charge in [-0.05, 0) is 29.1 Å². The third-order valence-electron chi connectivity index (χ3n) is 4.66. The van der Waals surface area contributed by atoms with E-state index in [1.165, 1.54) is 42.2 Å². The molecule has 0 fully saturated rings. The first-order valence-electron chi connectivity index (χ1n) is 9.19. The lowest BCUT2D eigenvalue weighted by Crippen LogP contribution is -2.31. The Morgan fingerprint density at radius 3 is 2.40 bits per heavy atom. The molecule has 7 heteroatoms. The Kier molecular flexibility index (Phi) is 5.92. The van der Waals surface area contributed by atoms with Crippen molar-refractivity contribution in [1.29, 1.82) is 0 Å². The predicted molar refractivity (Wildman–Crippen MR) is 121 cm³/mol. The molecule has 0 unspecified atom stereocenters. The van der Waals surface area contributed by atoms with Crippen molar-refractivity contribution in [1.82, 2.24) is 0 Å². The second-order valence-electron chi connectivity index (χ2n) is 6.44. The van der Waals surface area contributed by atoms with Gasteiger partial charge in [-0.3, -0.25) is 9.59 Å². The summed E-state index contributed by atoms with van der Waals surface area (Å²) in [5.74, 6) is 0.847. The molecule has 3 aromatic rings. The topological polar surface area (TPSA) is 55.8 Å². The summed E-state index contributed by atoms with van der Waals surface area (Å²) in [5, 5.41) is 1.90. The summed E-state index contributed by atoms with van der Waals surface area (Å²) >= 11 is 2.82. The summed E-state index contributed by atoms with van der Waals surface area (Å²) in [4.78, 5) is 29.3. The molecular weight excluding hydrogens is 418 g/mol.